The number of piperidine rings is 1. The lowest BCUT2D eigenvalue weighted by Gasteiger charge is -2.32. The Bertz CT molecular complexity index is 969. The molecule has 2 aliphatic heterocycles. The van der Waals surface area contributed by atoms with Crippen molar-refractivity contribution in [3.8, 4) is 0 Å². The average molecular weight is 423 g/mol. The van der Waals surface area contributed by atoms with Gasteiger partial charge in [0.15, 0.2) is 0 Å². The Morgan fingerprint density at radius 2 is 1.96 bits per heavy atom. The number of benzene rings is 1. The van der Waals surface area contributed by atoms with Crippen molar-refractivity contribution < 1.29 is 13.2 Å². The summed E-state index contributed by atoms with van der Waals surface area (Å²) in [6.45, 7) is 2.30. The maximum atomic E-state index is 13.0. The molecule has 1 amide bonds. The summed E-state index contributed by atoms with van der Waals surface area (Å²) >= 11 is 5.98. The molecule has 7 nitrogen and oxygen atoms in total. The van der Waals surface area contributed by atoms with Gasteiger partial charge in [-0.3, -0.25) is 9.89 Å². The number of H-pyrrole nitrogens is 1. The molecule has 2 aromatic rings. The number of hydrogen-bond donors (Lipinski definition) is 1. The standard InChI is InChI=1S/C19H23ClN4O3S/c20-15-6-3-7-16(11-15)28(26,27)24-10-4-5-14(13-24)18-17(12-21-22-18)19(25)23-8-1-2-9-23/h3,6-7,11-12,14H,1-2,4-5,8-10,13H2,(H,21,22)/t14-/m1/s1. The summed E-state index contributed by atoms with van der Waals surface area (Å²) < 4.78 is 27.6. The van der Waals surface area contributed by atoms with E-state index < -0.39 is 10.0 Å². The molecule has 0 aliphatic carbocycles. The monoisotopic (exact) mass is 422 g/mol. The highest BCUT2D eigenvalue weighted by molar-refractivity contribution is 7.89. The lowest BCUT2D eigenvalue weighted by molar-refractivity contribution is 0.0791. The van der Waals surface area contributed by atoms with E-state index in [9.17, 15) is 13.2 Å². The Morgan fingerprint density at radius 1 is 1.18 bits per heavy atom. The van der Waals surface area contributed by atoms with Crippen LogP contribution in [-0.4, -0.2) is 59.9 Å². The number of likely N-dealkylation sites (tertiary alicyclic amines) is 1. The largest absolute Gasteiger partial charge is 0.339 e. The van der Waals surface area contributed by atoms with Crippen molar-refractivity contribution in [3.63, 3.8) is 0 Å². The van der Waals surface area contributed by atoms with Crippen molar-refractivity contribution >= 4 is 27.5 Å². The van der Waals surface area contributed by atoms with Crippen molar-refractivity contribution in [2.24, 2.45) is 0 Å². The van der Waals surface area contributed by atoms with E-state index in [-0.39, 0.29) is 16.7 Å². The summed E-state index contributed by atoms with van der Waals surface area (Å²) in [7, 11) is -3.64. The van der Waals surface area contributed by atoms with E-state index in [1.807, 2.05) is 4.90 Å². The first-order valence-corrected chi connectivity index (χ1v) is 11.4. The number of sulfonamides is 1. The third-order valence-electron chi connectivity index (χ3n) is 5.52. The highest BCUT2D eigenvalue weighted by Gasteiger charge is 2.34. The zero-order valence-electron chi connectivity index (χ0n) is 15.5. The number of hydrogen-bond acceptors (Lipinski definition) is 4. The zero-order chi connectivity index (χ0) is 19.7. The molecule has 0 saturated carbocycles. The van der Waals surface area contributed by atoms with E-state index in [2.05, 4.69) is 10.2 Å². The van der Waals surface area contributed by atoms with E-state index in [4.69, 9.17) is 11.6 Å². The van der Waals surface area contributed by atoms with Gasteiger partial charge in [0.2, 0.25) is 10.0 Å². The van der Waals surface area contributed by atoms with Gasteiger partial charge in [-0.05, 0) is 43.9 Å². The van der Waals surface area contributed by atoms with Crippen LogP contribution in [0.25, 0.3) is 0 Å². The second kappa shape index (κ2) is 7.85. The van der Waals surface area contributed by atoms with E-state index in [1.165, 1.54) is 10.4 Å². The lowest BCUT2D eigenvalue weighted by Crippen LogP contribution is -2.39. The van der Waals surface area contributed by atoms with Crippen LogP contribution >= 0.6 is 11.6 Å². The summed E-state index contributed by atoms with van der Waals surface area (Å²) in [5, 5.41) is 7.44. The normalized spacial score (nSPS) is 21.2. The van der Waals surface area contributed by atoms with Crippen LogP contribution < -0.4 is 0 Å². The van der Waals surface area contributed by atoms with Gasteiger partial charge in [0.05, 0.1) is 22.3 Å². The van der Waals surface area contributed by atoms with Gasteiger partial charge in [-0.15, -0.1) is 0 Å². The van der Waals surface area contributed by atoms with Crippen LogP contribution in [0.4, 0.5) is 0 Å². The third kappa shape index (κ3) is 3.68. The number of carbonyl (C=O) groups excluding carboxylic acids is 1. The summed E-state index contributed by atoms with van der Waals surface area (Å²) in [4.78, 5) is 14.9. The number of rotatable bonds is 4. The van der Waals surface area contributed by atoms with Crippen molar-refractivity contribution in [1.29, 1.82) is 0 Å². The minimum Gasteiger partial charge on any atom is -0.339 e. The molecule has 150 valence electrons. The van der Waals surface area contributed by atoms with E-state index >= 15 is 0 Å². The van der Waals surface area contributed by atoms with Crippen LogP contribution in [0.3, 0.4) is 0 Å². The molecule has 0 unspecified atom stereocenters. The number of nitrogens with zero attached hydrogens (tertiary/aromatic N) is 3. The summed E-state index contributed by atoms with van der Waals surface area (Å²) in [5.41, 5.74) is 1.30. The molecule has 2 aliphatic rings. The van der Waals surface area contributed by atoms with Gasteiger partial charge >= 0.3 is 0 Å². The molecule has 4 rings (SSSR count). The quantitative estimate of drug-likeness (QED) is 0.820. The number of carbonyl (C=O) groups is 1. The molecule has 28 heavy (non-hydrogen) atoms. The van der Waals surface area contributed by atoms with Crippen molar-refractivity contribution in [2.45, 2.75) is 36.5 Å². The second-order valence-electron chi connectivity index (χ2n) is 7.36. The van der Waals surface area contributed by atoms with Crippen molar-refractivity contribution in [1.82, 2.24) is 19.4 Å². The highest BCUT2D eigenvalue weighted by atomic mass is 35.5. The fourth-order valence-electron chi connectivity index (χ4n) is 4.04. The summed E-state index contributed by atoms with van der Waals surface area (Å²) in [5.74, 6) is -0.108. The molecule has 2 saturated heterocycles. The molecule has 0 bridgehead atoms. The molecular weight excluding hydrogens is 400 g/mol. The first-order chi connectivity index (χ1) is 13.5. The predicted octanol–water partition coefficient (Wildman–Crippen LogP) is 2.87. The SMILES string of the molecule is O=C(c1cn[nH]c1[C@@H]1CCCN(S(=O)(=O)c2cccc(Cl)c2)C1)N1CCCC1. The van der Waals surface area contributed by atoms with Gasteiger partial charge in [0, 0.05) is 37.1 Å². The van der Waals surface area contributed by atoms with Crippen LogP contribution in [0.1, 0.15) is 47.7 Å². The van der Waals surface area contributed by atoms with Gasteiger partial charge in [0.25, 0.3) is 5.91 Å². The molecule has 1 N–H and O–H groups in total. The predicted molar refractivity (Wildman–Crippen MR) is 106 cm³/mol. The minimum atomic E-state index is -3.64. The fourth-order valence-corrected chi connectivity index (χ4v) is 5.87. The molecule has 0 spiro atoms. The smallest absolute Gasteiger partial charge is 0.257 e. The molecule has 1 aromatic carbocycles. The Balaban J connectivity index is 1.57. The molecule has 2 fully saturated rings. The molecular formula is C19H23ClN4O3S. The van der Waals surface area contributed by atoms with Crippen molar-refractivity contribution in [3.05, 3.63) is 46.7 Å². The lowest BCUT2D eigenvalue weighted by atomic mass is 9.93. The summed E-state index contributed by atoms with van der Waals surface area (Å²) in [6.07, 6.45) is 5.15. The van der Waals surface area contributed by atoms with Gasteiger partial charge in [-0.1, -0.05) is 17.7 Å². The fraction of sp³-hybridized carbons (Fsp3) is 0.474. The molecule has 1 atom stereocenters. The summed E-state index contributed by atoms with van der Waals surface area (Å²) in [6, 6.07) is 6.32. The Hall–Kier alpha value is -1.90. The van der Waals surface area contributed by atoms with Crippen LogP contribution in [0, 0.1) is 0 Å². The third-order valence-corrected chi connectivity index (χ3v) is 7.61. The van der Waals surface area contributed by atoms with E-state index in [1.54, 1.807) is 24.4 Å². The van der Waals surface area contributed by atoms with E-state index in [0.29, 0.717) is 23.7 Å². The first kappa shape index (κ1) is 19.4. The molecule has 0 radical (unpaired) electrons. The minimum absolute atomic E-state index is 0.0175. The van der Waals surface area contributed by atoms with Crippen LogP contribution in [-0.2, 0) is 10.0 Å². The molecule has 1 aromatic heterocycles. The number of aromatic nitrogens is 2. The van der Waals surface area contributed by atoms with Crippen LogP contribution in [0.15, 0.2) is 35.4 Å². The number of amides is 1. The van der Waals surface area contributed by atoms with Crippen molar-refractivity contribution in [2.75, 3.05) is 26.2 Å². The topological polar surface area (TPSA) is 86.4 Å². The number of nitrogens with one attached hydrogen (secondary N) is 1. The highest BCUT2D eigenvalue weighted by Crippen LogP contribution is 2.32. The maximum Gasteiger partial charge on any atom is 0.257 e. The second-order valence-corrected chi connectivity index (χ2v) is 9.73. The van der Waals surface area contributed by atoms with Gasteiger partial charge < -0.3 is 4.90 Å². The van der Waals surface area contributed by atoms with Crippen LogP contribution in [0.5, 0.6) is 0 Å². The Kier molecular flexibility index (Phi) is 5.44. The Morgan fingerprint density at radius 3 is 2.71 bits per heavy atom. The van der Waals surface area contributed by atoms with Gasteiger partial charge in [-0.2, -0.15) is 9.40 Å². The molecule has 3 heterocycles. The number of halogens is 1. The van der Waals surface area contributed by atoms with E-state index in [0.717, 1.165) is 44.5 Å². The van der Waals surface area contributed by atoms with Gasteiger partial charge in [0.1, 0.15) is 0 Å². The Labute approximate surface area is 169 Å². The van der Waals surface area contributed by atoms with Crippen LogP contribution in [0.2, 0.25) is 5.02 Å². The van der Waals surface area contributed by atoms with Gasteiger partial charge in [-0.25, -0.2) is 8.42 Å². The maximum absolute atomic E-state index is 13.0. The molecule has 9 heteroatoms. The first-order valence-electron chi connectivity index (χ1n) is 9.55. The average Bonchev–Trinajstić information content (AvgIpc) is 3.39. The zero-order valence-corrected chi connectivity index (χ0v) is 17.0. The number of aromatic amines is 1.